The van der Waals surface area contributed by atoms with Crippen molar-refractivity contribution in [1.82, 2.24) is 5.32 Å². The van der Waals surface area contributed by atoms with Gasteiger partial charge in [0.05, 0.1) is 12.7 Å². The van der Waals surface area contributed by atoms with Crippen molar-refractivity contribution in [3.05, 3.63) is 0 Å². The fourth-order valence-electron chi connectivity index (χ4n) is 1.68. The highest BCUT2D eigenvalue weighted by Gasteiger charge is 2.22. The molecule has 0 radical (unpaired) electrons. The van der Waals surface area contributed by atoms with Gasteiger partial charge in [0.1, 0.15) is 0 Å². The summed E-state index contributed by atoms with van der Waals surface area (Å²) in [4.78, 5) is 0. The van der Waals surface area contributed by atoms with Gasteiger partial charge >= 0.3 is 0 Å². The standard InChI is InChI=1S/C9H19NO/c1-3-5-9-8(4-2)10-6-7-11-9/h8-10H,3-7H2,1-2H3. The van der Waals surface area contributed by atoms with Crippen LogP contribution >= 0.6 is 0 Å². The van der Waals surface area contributed by atoms with Crippen LogP contribution in [-0.4, -0.2) is 25.3 Å². The third kappa shape index (κ3) is 2.46. The van der Waals surface area contributed by atoms with Crippen LogP contribution in [0.2, 0.25) is 0 Å². The van der Waals surface area contributed by atoms with Crippen LogP contribution in [0.4, 0.5) is 0 Å². The molecule has 2 atom stereocenters. The SMILES string of the molecule is CCCC1OCCNC1CC. The van der Waals surface area contributed by atoms with E-state index in [-0.39, 0.29) is 0 Å². The molecule has 0 aromatic heterocycles. The molecule has 1 aliphatic rings. The van der Waals surface area contributed by atoms with Crippen LogP contribution < -0.4 is 5.32 Å². The highest BCUT2D eigenvalue weighted by atomic mass is 16.5. The van der Waals surface area contributed by atoms with Gasteiger partial charge in [0.25, 0.3) is 0 Å². The molecule has 1 N–H and O–H groups in total. The maximum absolute atomic E-state index is 5.66. The molecular weight excluding hydrogens is 138 g/mol. The first-order valence-electron chi connectivity index (χ1n) is 4.73. The molecular formula is C9H19NO. The lowest BCUT2D eigenvalue weighted by atomic mass is 10.0. The molecule has 0 aliphatic carbocycles. The second-order valence-electron chi connectivity index (χ2n) is 3.17. The van der Waals surface area contributed by atoms with Gasteiger partial charge in [0.15, 0.2) is 0 Å². The summed E-state index contributed by atoms with van der Waals surface area (Å²) in [6.07, 6.45) is 4.08. The van der Waals surface area contributed by atoms with Crippen LogP contribution in [0.5, 0.6) is 0 Å². The number of rotatable bonds is 3. The second kappa shape index (κ2) is 4.73. The normalized spacial score (nSPS) is 32.2. The first kappa shape index (κ1) is 9.01. The molecule has 0 aromatic carbocycles. The zero-order chi connectivity index (χ0) is 8.10. The maximum Gasteiger partial charge on any atom is 0.0728 e. The number of hydrogen-bond acceptors (Lipinski definition) is 2. The Hall–Kier alpha value is -0.0800. The summed E-state index contributed by atoms with van der Waals surface area (Å²) in [7, 11) is 0. The van der Waals surface area contributed by atoms with Gasteiger partial charge in [-0.05, 0) is 12.8 Å². The van der Waals surface area contributed by atoms with Crippen LogP contribution in [0.15, 0.2) is 0 Å². The molecule has 1 rings (SSSR count). The monoisotopic (exact) mass is 157 g/mol. The Bertz CT molecular complexity index is 104. The average molecular weight is 157 g/mol. The van der Waals surface area contributed by atoms with Gasteiger partial charge < -0.3 is 10.1 Å². The molecule has 1 fully saturated rings. The van der Waals surface area contributed by atoms with Crippen LogP contribution in [0.1, 0.15) is 33.1 Å². The van der Waals surface area contributed by atoms with E-state index in [0.29, 0.717) is 12.1 Å². The third-order valence-corrected chi connectivity index (χ3v) is 2.30. The lowest BCUT2D eigenvalue weighted by molar-refractivity contribution is -0.00975. The van der Waals surface area contributed by atoms with Crippen molar-refractivity contribution in [2.45, 2.75) is 45.3 Å². The Kier molecular flexibility index (Phi) is 3.87. The highest BCUT2D eigenvalue weighted by molar-refractivity contribution is 4.78. The predicted molar refractivity (Wildman–Crippen MR) is 46.7 cm³/mol. The van der Waals surface area contributed by atoms with Crippen molar-refractivity contribution in [2.24, 2.45) is 0 Å². The van der Waals surface area contributed by atoms with E-state index in [2.05, 4.69) is 19.2 Å². The third-order valence-electron chi connectivity index (χ3n) is 2.30. The number of morpholine rings is 1. The van der Waals surface area contributed by atoms with Crippen LogP contribution in [0.25, 0.3) is 0 Å². The van der Waals surface area contributed by atoms with E-state index in [9.17, 15) is 0 Å². The number of nitrogens with one attached hydrogen (secondary N) is 1. The maximum atomic E-state index is 5.66. The molecule has 0 aromatic rings. The van der Waals surface area contributed by atoms with Crippen molar-refractivity contribution < 1.29 is 4.74 Å². The molecule has 11 heavy (non-hydrogen) atoms. The molecule has 2 heteroatoms. The van der Waals surface area contributed by atoms with Gasteiger partial charge in [-0.3, -0.25) is 0 Å². The Morgan fingerprint density at radius 1 is 1.45 bits per heavy atom. The van der Waals surface area contributed by atoms with Crippen molar-refractivity contribution in [1.29, 1.82) is 0 Å². The summed E-state index contributed by atoms with van der Waals surface area (Å²) >= 11 is 0. The molecule has 0 amide bonds. The largest absolute Gasteiger partial charge is 0.375 e. The molecule has 1 saturated heterocycles. The molecule has 1 aliphatic heterocycles. The number of ether oxygens (including phenoxy) is 1. The van der Waals surface area contributed by atoms with Crippen molar-refractivity contribution in [3.63, 3.8) is 0 Å². The van der Waals surface area contributed by atoms with Crippen molar-refractivity contribution >= 4 is 0 Å². The van der Waals surface area contributed by atoms with E-state index in [1.807, 2.05) is 0 Å². The van der Waals surface area contributed by atoms with Crippen molar-refractivity contribution in [3.8, 4) is 0 Å². The van der Waals surface area contributed by atoms with Crippen LogP contribution in [0.3, 0.4) is 0 Å². The molecule has 0 spiro atoms. The Morgan fingerprint density at radius 3 is 2.91 bits per heavy atom. The first-order chi connectivity index (χ1) is 5.38. The molecule has 2 nitrogen and oxygen atoms in total. The Balaban J connectivity index is 2.31. The first-order valence-corrected chi connectivity index (χ1v) is 4.73. The lowest BCUT2D eigenvalue weighted by Crippen LogP contribution is -2.47. The minimum absolute atomic E-state index is 0.471. The van der Waals surface area contributed by atoms with Gasteiger partial charge in [-0.2, -0.15) is 0 Å². The van der Waals surface area contributed by atoms with Gasteiger partial charge in [0.2, 0.25) is 0 Å². The molecule has 2 unspecified atom stereocenters. The van der Waals surface area contributed by atoms with Gasteiger partial charge in [0, 0.05) is 12.6 Å². The molecule has 0 saturated carbocycles. The summed E-state index contributed by atoms with van der Waals surface area (Å²) in [5.74, 6) is 0. The number of hydrogen-bond donors (Lipinski definition) is 1. The van der Waals surface area contributed by atoms with E-state index in [0.717, 1.165) is 13.2 Å². The van der Waals surface area contributed by atoms with E-state index in [1.54, 1.807) is 0 Å². The Labute approximate surface area is 69.3 Å². The summed E-state index contributed by atoms with van der Waals surface area (Å²) in [5.41, 5.74) is 0. The van der Waals surface area contributed by atoms with Gasteiger partial charge in [-0.15, -0.1) is 0 Å². The summed E-state index contributed by atoms with van der Waals surface area (Å²) in [6, 6.07) is 0.601. The van der Waals surface area contributed by atoms with E-state index in [4.69, 9.17) is 4.74 Å². The van der Waals surface area contributed by atoms with E-state index < -0.39 is 0 Å². The quantitative estimate of drug-likeness (QED) is 0.671. The Morgan fingerprint density at radius 2 is 2.27 bits per heavy atom. The van der Waals surface area contributed by atoms with E-state index in [1.165, 1.54) is 19.3 Å². The van der Waals surface area contributed by atoms with Crippen LogP contribution in [-0.2, 0) is 4.74 Å². The van der Waals surface area contributed by atoms with Crippen LogP contribution in [0, 0.1) is 0 Å². The highest BCUT2D eigenvalue weighted by Crippen LogP contribution is 2.12. The smallest absolute Gasteiger partial charge is 0.0728 e. The predicted octanol–water partition coefficient (Wildman–Crippen LogP) is 1.55. The zero-order valence-electron chi connectivity index (χ0n) is 7.60. The van der Waals surface area contributed by atoms with Gasteiger partial charge in [-0.1, -0.05) is 20.3 Å². The summed E-state index contributed by atoms with van der Waals surface area (Å²) in [5, 5.41) is 3.48. The minimum atomic E-state index is 0.471. The second-order valence-corrected chi connectivity index (χ2v) is 3.17. The summed E-state index contributed by atoms with van der Waals surface area (Å²) < 4.78 is 5.66. The fourth-order valence-corrected chi connectivity index (χ4v) is 1.68. The minimum Gasteiger partial charge on any atom is -0.375 e. The molecule has 66 valence electrons. The van der Waals surface area contributed by atoms with E-state index >= 15 is 0 Å². The summed E-state index contributed by atoms with van der Waals surface area (Å²) in [6.45, 7) is 6.35. The molecule has 1 heterocycles. The zero-order valence-corrected chi connectivity index (χ0v) is 7.60. The lowest BCUT2D eigenvalue weighted by Gasteiger charge is -2.31. The van der Waals surface area contributed by atoms with Gasteiger partial charge in [-0.25, -0.2) is 0 Å². The molecule has 0 bridgehead atoms. The van der Waals surface area contributed by atoms with Crippen molar-refractivity contribution in [2.75, 3.05) is 13.2 Å². The topological polar surface area (TPSA) is 21.3 Å². The fraction of sp³-hybridized carbons (Fsp3) is 1.00. The average Bonchev–Trinajstić information content (AvgIpc) is 2.06.